The van der Waals surface area contributed by atoms with Crippen LogP contribution >= 0.6 is 0 Å². The fourth-order valence-electron chi connectivity index (χ4n) is 1.17. The molecule has 14 heavy (non-hydrogen) atoms. The van der Waals surface area contributed by atoms with Crippen LogP contribution in [0.1, 0.15) is 0 Å². The maximum absolute atomic E-state index is 12.6. The van der Waals surface area contributed by atoms with Crippen molar-refractivity contribution >= 4 is 0 Å². The first kappa shape index (κ1) is 11.1. The number of rotatable bonds is 1. The quantitative estimate of drug-likeness (QED) is 0.706. The summed E-state index contributed by atoms with van der Waals surface area (Å²) < 4.78 is 14.4. The molecule has 1 radical (unpaired) electrons. The van der Waals surface area contributed by atoms with Crippen LogP contribution in [-0.4, -0.2) is 9.55 Å². The minimum absolute atomic E-state index is 0. The number of benzene rings is 1. The number of aromatic nitrogens is 2. The van der Waals surface area contributed by atoms with Gasteiger partial charge in [-0.15, -0.1) is 29.8 Å². The van der Waals surface area contributed by atoms with Crippen LogP contribution in [0.5, 0.6) is 0 Å². The van der Waals surface area contributed by atoms with Gasteiger partial charge in [-0.25, -0.2) is 0 Å². The van der Waals surface area contributed by atoms with Crippen molar-refractivity contribution in [3.05, 3.63) is 42.5 Å². The van der Waals surface area contributed by atoms with Crippen LogP contribution in [0.25, 0.3) is 11.4 Å². The molecule has 0 saturated heterocycles. The molecule has 0 spiro atoms. The zero-order valence-electron chi connectivity index (χ0n) is 7.49. The van der Waals surface area contributed by atoms with Gasteiger partial charge in [0, 0.05) is 45.4 Å². The van der Waals surface area contributed by atoms with E-state index in [2.05, 4.69) is 11.1 Å². The maximum atomic E-state index is 12.6. The second kappa shape index (κ2) is 4.49. The summed E-state index contributed by atoms with van der Waals surface area (Å²) in [6.07, 6.45) is 3.54. The second-order valence-corrected chi connectivity index (χ2v) is 2.78. The van der Waals surface area contributed by atoms with E-state index in [1.54, 1.807) is 12.3 Å². The van der Waals surface area contributed by atoms with Crippen molar-refractivity contribution < 1.29 is 24.5 Å². The number of imidazole rings is 1. The SMILES string of the molecule is Cn1ccnc1-c1[c-]cc(F)cc1.[Ir]. The maximum Gasteiger partial charge on any atom is 0.0555 e. The molecule has 4 heteroatoms. The molecule has 2 aromatic rings. The molecule has 0 saturated carbocycles. The number of hydrogen-bond acceptors (Lipinski definition) is 1. The van der Waals surface area contributed by atoms with Gasteiger partial charge in [-0.2, -0.15) is 0 Å². The second-order valence-electron chi connectivity index (χ2n) is 2.78. The third-order valence-electron chi connectivity index (χ3n) is 1.84. The van der Waals surface area contributed by atoms with Crippen molar-refractivity contribution in [2.45, 2.75) is 0 Å². The molecule has 1 aromatic carbocycles. The Labute approximate surface area is 95.1 Å². The van der Waals surface area contributed by atoms with E-state index in [9.17, 15) is 4.39 Å². The van der Waals surface area contributed by atoms with Gasteiger partial charge in [0.15, 0.2) is 0 Å². The van der Waals surface area contributed by atoms with E-state index in [1.165, 1.54) is 12.1 Å². The third kappa shape index (κ3) is 2.08. The van der Waals surface area contributed by atoms with Gasteiger partial charge in [-0.1, -0.05) is 0 Å². The first-order valence-electron chi connectivity index (χ1n) is 3.92. The van der Waals surface area contributed by atoms with Gasteiger partial charge in [0.05, 0.1) is 5.82 Å². The summed E-state index contributed by atoms with van der Waals surface area (Å²) in [5, 5.41) is 0. The Bertz CT molecular complexity index is 408. The van der Waals surface area contributed by atoms with E-state index < -0.39 is 0 Å². The minimum atomic E-state index is -0.280. The first-order valence-corrected chi connectivity index (χ1v) is 3.92. The fourth-order valence-corrected chi connectivity index (χ4v) is 1.17. The Morgan fingerprint density at radius 1 is 1.43 bits per heavy atom. The summed E-state index contributed by atoms with van der Waals surface area (Å²) in [6, 6.07) is 7.20. The molecular formula is C10H8FIrN2-. The first-order chi connectivity index (χ1) is 6.27. The van der Waals surface area contributed by atoms with E-state index in [4.69, 9.17) is 0 Å². The monoisotopic (exact) mass is 368 g/mol. The number of halogens is 1. The molecule has 0 aliphatic heterocycles. The van der Waals surface area contributed by atoms with Crippen molar-refractivity contribution in [2.24, 2.45) is 7.05 Å². The molecule has 1 aromatic heterocycles. The molecule has 2 rings (SSSR count). The summed E-state index contributed by atoms with van der Waals surface area (Å²) in [6.45, 7) is 0. The summed E-state index contributed by atoms with van der Waals surface area (Å²) in [5.74, 6) is 0.512. The van der Waals surface area contributed by atoms with Gasteiger partial charge in [0.1, 0.15) is 0 Å². The van der Waals surface area contributed by atoms with E-state index in [-0.39, 0.29) is 25.9 Å². The normalized spacial score (nSPS) is 9.57. The standard InChI is InChI=1S/C10H8FN2.Ir/c1-13-7-6-12-10(13)8-2-4-9(11)5-3-8;/h2,4-7H,1H3;/q-1;. The largest absolute Gasteiger partial charge is 0.373 e. The van der Waals surface area contributed by atoms with E-state index >= 15 is 0 Å². The van der Waals surface area contributed by atoms with Gasteiger partial charge >= 0.3 is 0 Å². The molecular weight excluding hydrogens is 359 g/mol. The van der Waals surface area contributed by atoms with Crippen molar-refractivity contribution in [1.29, 1.82) is 0 Å². The van der Waals surface area contributed by atoms with Crippen molar-refractivity contribution in [3.8, 4) is 11.4 Å². The van der Waals surface area contributed by atoms with E-state index in [0.29, 0.717) is 0 Å². The van der Waals surface area contributed by atoms with Crippen molar-refractivity contribution in [1.82, 2.24) is 9.55 Å². The van der Waals surface area contributed by atoms with Gasteiger partial charge in [0.2, 0.25) is 0 Å². The Kier molecular flexibility index (Phi) is 3.55. The van der Waals surface area contributed by atoms with Gasteiger partial charge < -0.3 is 4.57 Å². The fraction of sp³-hybridized carbons (Fsp3) is 0.100. The number of nitrogens with zero attached hydrogens (tertiary/aromatic N) is 2. The van der Waals surface area contributed by atoms with Crippen LogP contribution in [0.4, 0.5) is 4.39 Å². The van der Waals surface area contributed by atoms with Crippen LogP contribution in [0.3, 0.4) is 0 Å². The van der Waals surface area contributed by atoms with Gasteiger partial charge in [-0.05, 0) is 0 Å². The van der Waals surface area contributed by atoms with Crippen LogP contribution < -0.4 is 0 Å². The molecule has 1 heterocycles. The molecule has 0 N–H and O–H groups in total. The molecule has 0 aliphatic carbocycles. The molecule has 0 atom stereocenters. The average molecular weight is 367 g/mol. The molecule has 0 unspecified atom stereocenters. The van der Waals surface area contributed by atoms with E-state index in [1.807, 2.05) is 17.8 Å². The summed E-state index contributed by atoms with van der Waals surface area (Å²) in [5.41, 5.74) is 0.800. The molecule has 0 amide bonds. The Balaban J connectivity index is 0.000000980. The van der Waals surface area contributed by atoms with Crippen LogP contribution in [-0.2, 0) is 27.2 Å². The van der Waals surface area contributed by atoms with Gasteiger partial charge in [-0.3, -0.25) is 9.37 Å². The Morgan fingerprint density at radius 3 is 2.71 bits per heavy atom. The Hall–Kier alpha value is -0.991. The molecule has 0 fully saturated rings. The molecule has 0 aliphatic rings. The van der Waals surface area contributed by atoms with Gasteiger partial charge in [0.25, 0.3) is 0 Å². The third-order valence-corrected chi connectivity index (χ3v) is 1.84. The van der Waals surface area contributed by atoms with E-state index in [0.717, 1.165) is 11.4 Å². The zero-order chi connectivity index (χ0) is 9.26. The molecule has 2 nitrogen and oxygen atoms in total. The van der Waals surface area contributed by atoms with Crippen molar-refractivity contribution in [3.63, 3.8) is 0 Å². The van der Waals surface area contributed by atoms with Crippen molar-refractivity contribution in [2.75, 3.05) is 0 Å². The predicted molar refractivity (Wildman–Crippen MR) is 47.4 cm³/mol. The smallest absolute Gasteiger partial charge is 0.0555 e. The summed E-state index contributed by atoms with van der Waals surface area (Å²) in [4.78, 5) is 4.12. The Morgan fingerprint density at radius 2 is 2.21 bits per heavy atom. The van der Waals surface area contributed by atoms with Crippen LogP contribution in [0.15, 0.2) is 30.6 Å². The van der Waals surface area contributed by atoms with Crippen LogP contribution in [0.2, 0.25) is 0 Å². The summed E-state index contributed by atoms with van der Waals surface area (Å²) in [7, 11) is 1.89. The predicted octanol–water partition coefficient (Wildman–Crippen LogP) is 2.02. The zero-order valence-corrected chi connectivity index (χ0v) is 9.89. The number of aryl methyl sites for hydroxylation is 1. The topological polar surface area (TPSA) is 17.8 Å². The molecule has 0 bridgehead atoms. The average Bonchev–Trinajstić information content (AvgIpc) is 2.53. The molecule has 75 valence electrons. The van der Waals surface area contributed by atoms with Crippen LogP contribution in [0, 0.1) is 11.9 Å². The summed E-state index contributed by atoms with van der Waals surface area (Å²) >= 11 is 0. The number of hydrogen-bond donors (Lipinski definition) is 0. The minimum Gasteiger partial charge on any atom is -0.373 e.